The number of nitrogen functional groups attached to an aromatic ring is 1. The molecule has 2 aromatic rings. The summed E-state index contributed by atoms with van der Waals surface area (Å²) < 4.78 is 0. The number of nitrogens with zero attached hydrogens (tertiary/aromatic N) is 1. The highest BCUT2D eigenvalue weighted by atomic mass is 14.9. The molecule has 3 N–H and O–H groups in total. The first-order chi connectivity index (χ1) is 8.33. The topological polar surface area (TPSA) is 50.9 Å². The molecular weight excluding hydrogens is 210 g/mol. The minimum absolute atomic E-state index is 0.723. The summed E-state index contributed by atoms with van der Waals surface area (Å²) in [6, 6.07) is 8.33. The number of hydrogen-bond donors (Lipinski definition) is 2. The van der Waals surface area contributed by atoms with Crippen LogP contribution in [-0.2, 0) is 12.8 Å². The summed E-state index contributed by atoms with van der Waals surface area (Å²) in [6.45, 7) is 0. The van der Waals surface area contributed by atoms with Crippen molar-refractivity contribution < 1.29 is 0 Å². The van der Waals surface area contributed by atoms with Gasteiger partial charge >= 0.3 is 0 Å². The minimum atomic E-state index is 0.723. The van der Waals surface area contributed by atoms with E-state index >= 15 is 0 Å². The van der Waals surface area contributed by atoms with Gasteiger partial charge in [-0.05, 0) is 48.6 Å². The van der Waals surface area contributed by atoms with Crippen molar-refractivity contribution in [2.24, 2.45) is 0 Å². The van der Waals surface area contributed by atoms with Gasteiger partial charge in [0.1, 0.15) is 0 Å². The molecule has 0 spiro atoms. The van der Waals surface area contributed by atoms with E-state index in [2.05, 4.69) is 28.5 Å². The number of hydrogen-bond acceptors (Lipinski definition) is 3. The fourth-order valence-corrected chi connectivity index (χ4v) is 2.31. The third-order valence-corrected chi connectivity index (χ3v) is 3.23. The van der Waals surface area contributed by atoms with Crippen molar-refractivity contribution in [2.75, 3.05) is 11.1 Å². The average Bonchev–Trinajstić information content (AvgIpc) is 2.79. The Bertz CT molecular complexity index is 549. The van der Waals surface area contributed by atoms with Crippen LogP contribution in [-0.4, -0.2) is 4.98 Å². The predicted molar refractivity (Wildman–Crippen MR) is 70.4 cm³/mol. The molecule has 0 fully saturated rings. The average molecular weight is 225 g/mol. The number of rotatable bonds is 2. The molecule has 1 aliphatic carbocycles. The first kappa shape index (κ1) is 10.1. The highest BCUT2D eigenvalue weighted by Crippen LogP contribution is 2.27. The fraction of sp³-hybridized carbons (Fsp3) is 0.214. The molecule has 3 nitrogen and oxygen atoms in total. The van der Waals surface area contributed by atoms with Crippen LogP contribution in [0.25, 0.3) is 0 Å². The quantitative estimate of drug-likeness (QED) is 0.826. The number of fused-ring (bicyclic) bond motifs is 1. The van der Waals surface area contributed by atoms with Crippen LogP contribution in [0.2, 0.25) is 0 Å². The van der Waals surface area contributed by atoms with E-state index in [0.29, 0.717) is 0 Å². The molecular formula is C14H15N3. The Morgan fingerprint density at radius 1 is 1.12 bits per heavy atom. The maximum atomic E-state index is 5.88. The van der Waals surface area contributed by atoms with E-state index in [4.69, 9.17) is 5.73 Å². The van der Waals surface area contributed by atoms with E-state index in [-0.39, 0.29) is 0 Å². The normalized spacial score (nSPS) is 13.4. The van der Waals surface area contributed by atoms with Crippen LogP contribution < -0.4 is 11.1 Å². The number of anilines is 3. The Hall–Kier alpha value is -2.03. The minimum Gasteiger partial charge on any atom is -0.397 e. The SMILES string of the molecule is Nc1ccncc1Nc1ccc2c(c1)CCC2. The van der Waals surface area contributed by atoms with Crippen LogP contribution in [0.15, 0.2) is 36.7 Å². The number of aromatic nitrogens is 1. The monoisotopic (exact) mass is 225 g/mol. The molecule has 3 rings (SSSR count). The summed E-state index contributed by atoms with van der Waals surface area (Å²) in [6.07, 6.45) is 7.12. The van der Waals surface area contributed by atoms with E-state index in [0.717, 1.165) is 17.1 Å². The van der Waals surface area contributed by atoms with Gasteiger partial charge in [-0.25, -0.2) is 0 Å². The van der Waals surface area contributed by atoms with Crippen molar-refractivity contribution in [3.05, 3.63) is 47.8 Å². The number of nitrogens with one attached hydrogen (secondary N) is 1. The standard InChI is InChI=1S/C14H15N3/c15-13-6-7-16-9-14(13)17-12-5-4-10-2-1-3-11(10)8-12/h4-9,17H,1-3H2,(H2,15,16). The number of aryl methyl sites for hydroxylation is 2. The van der Waals surface area contributed by atoms with Gasteiger partial charge in [0.15, 0.2) is 0 Å². The zero-order chi connectivity index (χ0) is 11.7. The van der Waals surface area contributed by atoms with Crippen LogP contribution in [0.1, 0.15) is 17.5 Å². The molecule has 0 aliphatic heterocycles. The maximum Gasteiger partial charge on any atom is 0.0804 e. The molecule has 0 unspecified atom stereocenters. The molecule has 0 amide bonds. The van der Waals surface area contributed by atoms with E-state index < -0.39 is 0 Å². The van der Waals surface area contributed by atoms with Gasteiger partial charge in [0.25, 0.3) is 0 Å². The molecule has 0 atom stereocenters. The summed E-state index contributed by atoms with van der Waals surface area (Å²) >= 11 is 0. The van der Waals surface area contributed by atoms with Crippen molar-refractivity contribution in [3.63, 3.8) is 0 Å². The zero-order valence-electron chi connectivity index (χ0n) is 9.61. The fourth-order valence-electron chi connectivity index (χ4n) is 2.31. The molecule has 17 heavy (non-hydrogen) atoms. The Balaban J connectivity index is 1.89. The second kappa shape index (κ2) is 4.09. The second-order valence-corrected chi connectivity index (χ2v) is 4.42. The molecule has 1 aliphatic rings. The first-order valence-electron chi connectivity index (χ1n) is 5.91. The van der Waals surface area contributed by atoms with Crippen LogP contribution in [0, 0.1) is 0 Å². The lowest BCUT2D eigenvalue weighted by Crippen LogP contribution is -1.97. The summed E-state index contributed by atoms with van der Waals surface area (Å²) in [7, 11) is 0. The van der Waals surface area contributed by atoms with Crippen LogP contribution in [0.5, 0.6) is 0 Å². The van der Waals surface area contributed by atoms with E-state index in [1.807, 2.05) is 0 Å². The summed E-state index contributed by atoms with van der Waals surface area (Å²) in [4.78, 5) is 4.07. The zero-order valence-corrected chi connectivity index (χ0v) is 9.61. The highest BCUT2D eigenvalue weighted by Gasteiger charge is 2.10. The lowest BCUT2D eigenvalue weighted by molar-refractivity contribution is 0.912. The van der Waals surface area contributed by atoms with E-state index in [1.165, 1.54) is 30.4 Å². The van der Waals surface area contributed by atoms with Crippen LogP contribution in [0.4, 0.5) is 17.1 Å². The third kappa shape index (κ3) is 1.96. The Kier molecular flexibility index (Phi) is 2.44. The van der Waals surface area contributed by atoms with Gasteiger partial charge in [-0.15, -0.1) is 0 Å². The summed E-state index contributed by atoms with van der Waals surface area (Å²) in [5.74, 6) is 0. The number of nitrogens with two attached hydrogens (primary N) is 1. The van der Waals surface area contributed by atoms with Gasteiger partial charge in [-0.3, -0.25) is 4.98 Å². The Labute approximate surface area is 101 Å². The van der Waals surface area contributed by atoms with Gasteiger partial charge in [-0.1, -0.05) is 6.07 Å². The summed E-state index contributed by atoms with van der Waals surface area (Å²) in [5.41, 5.74) is 11.5. The van der Waals surface area contributed by atoms with Gasteiger partial charge in [0, 0.05) is 11.9 Å². The number of pyridine rings is 1. The van der Waals surface area contributed by atoms with E-state index in [1.54, 1.807) is 18.5 Å². The molecule has 1 aromatic heterocycles. The van der Waals surface area contributed by atoms with Crippen molar-refractivity contribution in [1.82, 2.24) is 4.98 Å². The van der Waals surface area contributed by atoms with Gasteiger partial charge in [0.2, 0.25) is 0 Å². The van der Waals surface area contributed by atoms with Gasteiger partial charge in [0.05, 0.1) is 17.6 Å². The number of benzene rings is 1. The second-order valence-electron chi connectivity index (χ2n) is 4.42. The van der Waals surface area contributed by atoms with Crippen molar-refractivity contribution in [2.45, 2.75) is 19.3 Å². The molecule has 1 aromatic carbocycles. The van der Waals surface area contributed by atoms with Gasteiger partial charge in [-0.2, -0.15) is 0 Å². The van der Waals surface area contributed by atoms with Crippen LogP contribution in [0.3, 0.4) is 0 Å². The maximum absolute atomic E-state index is 5.88. The van der Waals surface area contributed by atoms with E-state index in [9.17, 15) is 0 Å². The summed E-state index contributed by atoms with van der Waals surface area (Å²) in [5, 5.41) is 3.31. The molecule has 3 heteroatoms. The van der Waals surface area contributed by atoms with Crippen molar-refractivity contribution >= 4 is 17.1 Å². The largest absolute Gasteiger partial charge is 0.397 e. The molecule has 0 bridgehead atoms. The van der Waals surface area contributed by atoms with Crippen LogP contribution >= 0.6 is 0 Å². The lowest BCUT2D eigenvalue weighted by Gasteiger charge is -2.10. The smallest absolute Gasteiger partial charge is 0.0804 e. The predicted octanol–water partition coefficient (Wildman–Crippen LogP) is 2.90. The van der Waals surface area contributed by atoms with Crippen molar-refractivity contribution in [1.29, 1.82) is 0 Å². The molecule has 1 heterocycles. The molecule has 86 valence electrons. The molecule has 0 saturated carbocycles. The third-order valence-electron chi connectivity index (χ3n) is 3.23. The van der Waals surface area contributed by atoms with Crippen molar-refractivity contribution in [3.8, 4) is 0 Å². The molecule has 0 radical (unpaired) electrons. The lowest BCUT2D eigenvalue weighted by atomic mass is 10.1. The highest BCUT2D eigenvalue weighted by molar-refractivity contribution is 5.71. The first-order valence-corrected chi connectivity index (χ1v) is 5.91. The Morgan fingerprint density at radius 2 is 2.00 bits per heavy atom. The Morgan fingerprint density at radius 3 is 2.88 bits per heavy atom. The van der Waals surface area contributed by atoms with Gasteiger partial charge < -0.3 is 11.1 Å². The molecule has 0 saturated heterocycles.